The van der Waals surface area contributed by atoms with Crippen LogP contribution in [-0.4, -0.2) is 31.3 Å². The van der Waals surface area contributed by atoms with Gasteiger partial charge in [-0.15, -0.1) is 0 Å². The monoisotopic (exact) mass is 249 g/mol. The fourth-order valence-electron chi connectivity index (χ4n) is 0.798. The summed E-state index contributed by atoms with van der Waals surface area (Å²) in [7, 11) is -4.17. The quantitative estimate of drug-likeness (QED) is 0.659. The summed E-state index contributed by atoms with van der Waals surface area (Å²) >= 11 is 0. The molecule has 0 saturated carbocycles. The third-order valence-electron chi connectivity index (χ3n) is 1.38. The highest BCUT2D eigenvalue weighted by molar-refractivity contribution is 7.83. The molecule has 0 atom stereocenters. The van der Waals surface area contributed by atoms with Crippen molar-refractivity contribution in [2.45, 2.75) is 6.92 Å². The van der Waals surface area contributed by atoms with Crippen LogP contribution in [-0.2, 0) is 10.3 Å². The maximum Gasteiger partial charge on any atom is 0.330 e. The summed E-state index contributed by atoms with van der Waals surface area (Å²) in [6, 6.07) is 7.75. The standard InChI is InChI=1S/C9H12O2.H3NO3S/c1-8-2-4-9(5-3-8)11-7-6-10;1-5(2,3)4/h2-5,10H,6-7H2,1H3;(H3,1,2,3,4). The normalized spacial score (nSPS) is 10.2. The maximum absolute atomic E-state index is 8.97. The van der Waals surface area contributed by atoms with E-state index < -0.39 is 10.3 Å². The summed E-state index contributed by atoms with van der Waals surface area (Å²) in [5.74, 6) is 0.810. The molecule has 92 valence electrons. The Morgan fingerprint density at radius 1 is 1.31 bits per heavy atom. The van der Waals surface area contributed by atoms with Crippen LogP contribution in [0.15, 0.2) is 24.3 Å². The van der Waals surface area contributed by atoms with Crippen molar-refractivity contribution < 1.29 is 22.8 Å². The Morgan fingerprint density at radius 3 is 2.12 bits per heavy atom. The van der Waals surface area contributed by atoms with Gasteiger partial charge in [-0.05, 0) is 19.1 Å². The lowest BCUT2D eigenvalue weighted by molar-refractivity contribution is 0.201. The van der Waals surface area contributed by atoms with Gasteiger partial charge in [-0.3, -0.25) is 4.55 Å². The van der Waals surface area contributed by atoms with Gasteiger partial charge in [-0.1, -0.05) is 17.7 Å². The van der Waals surface area contributed by atoms with Gasteiger partial charge >= 0.3 is 10.3 Å². The summed E-state index contributed by atoms with van der Waals surface area (Å²) in [5.41, 5.74) is 1.21. The number of aryl methyl sites for hydroxylation is 1. The van der Waals surface area contributed by atoms with Crippen molar-refractivity contribution >= 4 is 10.3 Å². The third kappa shape index (κ3) is 10.9. The van der Waals surface area contributed by atoms with Crippen LogP contribution in [0.3, 0.4) is 0 Å². The number of nitrogens with two attached hydrogens (primary N) is 1. The molecule has 4 N–H and O–H groups in total. The van der Waals surface area contributed by atoms with Crippen LogP contribution in [0.5, 0.6) is 5.75 Å². The number of benzene rings is 1. The van der Waals surface area contributed by atoms with Gasteiger partial charge in [0.05, 0.1) is 6.61 Å². The van der Waals surface area contributed by atoms with Crippen molar-refractivity contribution in [1.29, 1.82) is 0 Å². The molecule has 6 nitrogen and oxygen atoms in total. The lowest BCUT2D eigenvalue weighted by Gasteiger charge is -2.02. The summed E-state index contributed by atoms with van der Waals surface area (Å²) in [5, 5.41) is 12.3. The molecule has 1 aromatic carbocycles. The number of aliphatic hydroxyl groups excluding tert-OH is 1. The van der Waals surface area contributed by atoms with Gasteiger partial charge < -0.3 is 9.84 Å². The van der Waals surface area contributed by atoms with Crippen molar-refractivity contribution in [3.05, 3.63) is 29.8 Å². The molecule has 0 radical (unpaired) electrons. The Kier molecular flexibility index (Phi) is 6.66. The zero-order chi connectivity index (χ0) is 12.6. The summed E-state index contributed by atoms with van der Waals surface area (Å²) < 4.78 is 30.4. The molecule has 0 amide bonds. The van der Waals surface area contributed by atoms with Crippen LogP contribution >= 0.6 is 0 Å². The SMILES string of the molecule is Cc1ccc(OCCO)cc1.NS(=O)(=O)O. The first-order valence-corrected chi connectivity index (χ1v) is 5.89. The van der Waals surface area contributed by atoms with Gasteiger partial charge in [0.15, 0.2) is 0 Å². The number of hydrogen-bond donors (Lipinski definition) is 3. The smallest absolute Gasteiger partial charge is 0.330 e. The Balaban J connectivity index is 0.000000385. The fourth-order valence-corrected chi connectivity index (χ4v) is 0.798. The predicted octanol–water partition coefficient (Wildman–Crippen LogP) is 0.114. The zero-order valence-electron chi connectivity index (χ0n) is 8.83. The molecular weight excluding hydrogens is 234 g/mol. The molecule has 0 aliphatic heterocycles. The minimum Gasteiger partial charge on any atom is -0.491 e. The molecule has 16 heavy (non-hydrogen) atoms. The van der Waals surface area contributed by atoms with E-state index in [2.05, 4.69) is 5.14 Å². The Labute approximate surface area is 94.5 Å². The maximum atomic E-state index is 8.97. The zero-order valence-corrected chi connectivity index (χ0v) is 9.64. The summed E-state index contributed by atoms with van der Waals surface area (Å²) in [6.07, 6.45) is 0. The van der Waals surface area contributed by atoms with Crippen LogP contribution in [0.2, 0.25) is 0 Å². The van der Waals surface area contributed by atoms with Crippen LogP contribution in [0.1, 0.15) is 5.56 Å². The molecule has 0 unspecified atom stereocenters. The summed E-state index contributed by atoms with van der Waals surface area (Å²) in [4.78, 5) is 0. The van der Waals surface area contributed by atoms with Crippen molar-refractivity contribution in [3.8, 4) is 5.75 Å². The molecule has 0 bridgehead atoms. The fraction of sp³-hybridized carbons (Fsp3) is 0.333. The molecule has 1 rings (SSSR count). The second-order valence-electron chi connectivity index (χ2n) is 2.90. The average molecular weight is 249 g/mol. The minimum absolute atomic E-state index is 0.0634. The molecule has 0 aliphatic carbocycles. The number of ether oxygens (including phenoxy) is 1. The Hall–Kier alpha value is -1.15. The second-order valence-corrected chi connectivity index (χ2v) is 3.93. The van der Waals surface area contributed by atoms with E-state index in [-0.39, 0.29) is 6.61 Å². The summed E-state index contributed by atoms with van der Waals surface area (Å²) in [6.45, 7) is 2.45. The molecule has 1 aromatic rings. The van der Waals surface area contributed by atoms with Gasteiger partial charge in [0.25, 0.3) is 0 Å². The largest absolute Gasteiger partial charge is 0.491 e. The highest BCUT2D eigenvalue weighted by Crippen LogP contribution is 2.10. The van der Waals surface area contributed by atoms with E-state index in [0.717, 1.165) is 5.75 Å². The molecule has 0 aliphatic rings. The average Bonchev–Trinajstić information content (AvgIpc) is 2.14. The number of rotatable bonds is 3. The topological polar surface area (TPSA) is 110 Å². The van der Waals surface area contributed by atoms with E-state index in [9.17, 15) is 0 Å². The molecule has 7 heteroatoms. The first-order chi connectivity index (χ1) is 7.33. The third-order valence-corrected chi connectivity index (χ3v) is 1.38. The molecule has 0 spiro atoms. The molecule has 0 heterocycles. The molecular formula is C9H15NO5S. The molecule has 0 saturated heterocycles. The van der Waals surface area contributed by atoms with E-state index in [1.165, 1.54) is 5.56 Å². The van der Waals surface area contributed by atoms with Gasteiger partial charge in [-0.2, -0.15) is 8.42 Å². The van der Waals surface area contributed by atoms with E-state index in [0.29, 0.717) is 6.61 Å². The highest BCUT2D eigenvalue weighted by Gasteiger charge is 1.90. The van der Waals surface area contributed by atoms with Gasteiger partial charge in [0.2, 0.25) is 0 Å². The van der Waals surface area contributed by atoms with Crippen LogP contribution in [0.4, 0.5) is 0 Å². The lowest BCUT2D eigenvalue weighted by atomic mass is 10.2. The van der Waals surface area contributed by atoms with Crippen LogP contribution in [0.25, 0.3) is 0 Å². The first kappa shape index (κ1) is 14.8. The Morgan fingerprint density at radius 2 is 1.75 bits per heavy atom. The van der Waals surface area contributed by atoms with Crippen molar-refractivity contribution in [2.24, 2.45) is 5.14 Å². The van der Waals surface area contributed by atoms with Gasteiger partial charge in [-0.25, -0.2) is 5.14 Å². The second kappa shape index (κ2) is 7.18. The van der Waals surface area contributed by atoms with Gasteiger partial charge in [0, 0.05) is 0 Å². The van der Waals surface area contributed by atoms with Crippen molar-refractivity contribution in [1.82, 2.24) is 0 Å². The van der Waals surface area contributed by atoms with E-state index in [4.69, 9.17) is 22.8 Å². The van der Waals surface area contributed by atoms with Gasteiger partial charge in [0.1, 0.15) is 12.4 Å². The van der Waals surface area contributed by atoms with Crippen LogP contribution < -0.4 is 9.88 Å². The van der Waals surface area contributed by atoms with E-state index >= 15 is 0 Å². The number of hydrogen-bond acceptors (Lipinski definition) is 4. The highest BCUT2D eigenvalue weighted by atomic mass is 32.2. The van der Waals surface area contributed by atoms with Crippen molar-refractivity contribution in [3.63, 3.8) is 0 Å². The molecule has 0 fully saturated rings. The predicted molar refractivity (Wildman–Crippen MR) is 59.5 cm³/mol. The van der Waals surface area contributed by atoms with Crippen molar-refractivity contribution in [2.75, 3.05) is 13.2 Å². The van der Waals surface area contributed by atoms with E-state index in [1.54, 1.807) is 0 Å². The number of aliphatic hydroxyl groups is 1. The minimum atomic E-state index is -4.17. The van der Waals surface area contributed by atoms with Crippen LogP contribution in [0, 0.1) is 6.92 Å². The van der Waals surface area contributed by atoms with E-state index in [1.807, 2.05) is 31.2 Å². The lowest BCUT2D eigenvalue weighted by Crippen LogP contribution is -2.08. The molecule has 0 aromatic heterocycles. The Bertz CT molecular complexity index is 379. The first-order valence-electron chi connectivity index (χ1n) is 4.38.